The molecule has 1 heterocycles. The summed E-state index contributed by atoms with van der Waals surface area (Å²) in [5.41, 5.74) is 1.22. The molecule has 0 aliphatic rings. The second kappa shape index (κ2) is 9.22. The Morgan fingerprint density at radius 1 is 1.08 bits per heavy atom. The van der Waals surface area contributed by atoms with Gasteiger partial charge in [-0.05, 0) is 49.4 Å². The van der Waals surface area contributed by atoms with Gasteiger partial charge in [0.2, 0.25) is 17.7 Å². The highest BCUT2D eigenvalue weighted by atomic mass is 16.3. The van der Waals surface area contributed by atoms with Gasteiger partial charge in [-0.25, -0.2) is 0 Å². The van der Waals surface area contributed by atoms with Crippen LogP contribution in [0.1, 0.15) is 19.6 Å². The summed E-state index contributed by atoms with van der Waals surface area (Å²) in [5, 5.41) is 5.37. The van der Waals surface area contributed by atoms with Gasteiger partial charge in [-0.1, -0.05) is 0 Å². The minimum Gasteiger partial charge on any atom is -0.465 e. The van der Waals surface area contributed by atoms with Crippen LogP contribution < -0.4 is 10.6 Å². The maximum absolute atomic E-state index is 12.2. The zero-order chi connectivity index (χ0) is 18.9. The van der Waals surface area contributed by atoms with Crippen LogP contribution in [-0.4, -0.2) is 35.7 Å². The topological polar surface area (TPSA) is 91.7 Å². The molecule has 0 atom stereocenters. The van der Waals surface area contributed by atoms with Crippen LogP contribution in [0.2, 0.25) is 0 Å². The van der Waals surface area contributed by atoms with Crippen molar-refractivity contribution in [1.82, 2.24) is 4.90 Å². The van der Waals surface area contributed by atoms with E-state index in [1.165, 1.54) is 24.2 Å². The summed E-state index contributed by atoms with van der Waals surface area (Å²) in [4.78, 5) is 36.8. The molecule has 0 saturated carbocycles. The standard InChI is InChI=1S/C19H21N3O4/c1-3-22(19(25)11-10-17-5-4-12-26-17)13-18(24)21-16-8-6-15(7-9-16)20-14(2)23/h4-12H,3,13H2,1-2H3,(H,20,23)(H,21,24)/b11-10+. The first-order chi connectivity index (χ1) is 12.5. The second-order valence-corrected chi connectivity index (χ2v) is 5.51. The van der Waals surface area contributed by atoms with E-state index in [-0.39, 0.29) is 24.3 Å². The number of nitrogens with one attached hydrogen (secondary N) is 2. The molecule has 3 amide bonds. The maximum atomic E-state index is 12.2. The van der Waals surface area contributed by atoms with Crippen LogP contribution in [0.4, 0.5) is 11.4 Å². The summed E-state index contributed by atoms with van der Waals surface area (Å²) in [5.74, 6) is -0.182. The number of hydrogen-bond donors (Lipinski definition) is 2. The third-order valence-corrected chi connectivity index (χ3v) is 3.45. The number of carbonyl (C=O) groups is 3. The average Bonchev–Trinajstić information content (AvgIpc) is 3.12. The summed E-state index contributed by atoms with van der Waals surface area (Å²) in [6, 6.07) is 10.2. The molecule has 2 N–H and O–H groups in total. The number of benzene rings is 1. The van der Waals surface area contributed by atoms with Crippen LogP contribution in [0.25, 0.3) is 6.08 Å². The molecule has 0 aliphatic carbocycles. The van der Waals surface area contributed by atoms with Crippen LogP contribution in [0.15, 0.2) is 53.2 Å². The Bertz CT molecular complexity index is 780. The van der Waals surface area contributed by atoms with E-state index in [1.54, 1.807) is 49.4 Å². The number of likely N-dealkylation sites (N-methyl/N-ethyl adjacent to an activating group) is 1. The van der Waals surface area contributed by atoms with Gasteiger partial charge in [0, 0.05) is 30.9 Å². The van der Waals surface area contributed by atoms with E-state index in [2.05, 4.69) is 10.6 Å². The molecule has 2 rings (SSSR count). The van der Waals surface area contributed by atoms with Crippen molar-refractivity contribution in [3.05, 3.63) is 54.5 Å². The monoisotopic (exact) mass is 355 g/mol. The lowest BCUT2D eigenvalue weighted by atomic mass is 10.2. The van der Waals surface area contributed by atoms with Gasteiger partial charge in [0.15, 0.2) is 0 Å². The van der Waals surface area contributed by atoms with Crippen LogP contribution in [0, 0.1) is 0 Å². The van der Waals surface area contributed by atoms with E-state index in [4.69, 9.17) is 4.42 Å². The number of amides is 3. The van der Waals surface area contributed by atoms with Gasteiger partial charge in [0.05, 0.1) is 6.26 Å². The number of rotatable bonds is 7. The molecule has 0 fully saturated rings. The Balaban J connectivity index is 1.89. The van der Waals surface area contributed by atoms with E-state index in [9.17, 15) is 14.4 Å². The molecule has 2 aromatic rings. The van der Waals surface area contributed by atoms with Crippen molar-refractivity contribution < 1.29 is 18.8 Å². The minimum absolute atomic E-state index is 0.0642. The Morgan fingerprint density at radius 3 is 2.27 bits per heavy atom. The number of nitrogens with zero attached hydrogens (tertiary/aromatic N) is 1. The lowest BCUT2D eigenvalue weighted by Gasteiger charge is -2.18. The van der Waals surface area contributed by atoms with Crippen molar-refractivity contribution >= 4 is 35.2 Å². The zero-order valence-electron chi connectivity index (χ0n) is 14.7. The normalized spacial score (nSPS) is 10.5. The predicted octanol–water partition coefficient (Wildman–Crippen LogP) is 2.74. The summed E-state index contributed by atoms with van der Waals surface area (Å²) in [7, 11) is 0. The number of furan rings is 1. The van der Waals surface area contributed by atoms with Crippen LogP contribution in [-0.2, 0) is 14.4 Å². The predicted molar refractivity (Wildman–Crippen MR) is 99.4 cm³/mol. The van der Waals surface area contributed by atoms with Gasteiger partial charge in [-0.2, -0.15) is 0 Å². The Hall–Kier alpha value is -3.35. The highest BCUT2D eigenvalue weighted by Crippen LogP contribution is 2.13. The third kappa shape index (κ3) is 5.94. The molecule has 1 aromatic carbocycles. The van der Waals surface area contributed by atoms with Gasteiger partial charge in [-0.3, -0.25) is 14.4 Å². The molecule has 0 aliphatic heterocycles. The van der Waals surface area contributed by atoms with E-state index >= 15 is 0 Å². The van der Waals surface area contributed by atoms with Gasteiger partial charge < -0.3 is 20.0 Å². The maximum Gasteiger partial charge on any atom is 0.247 e. The Morgan fingerprint density at radius 2 is 1.73 bits per heavy atom. The molecule has 0 spiro atoms. The lowest BCUT2D eigenvalue weighted by molar-refractivity contribution is -0.130. The summed E-state index contributed by atoms with van der Waals surface area (Å²) in [6.07, 6.45) is 4.45. The minimum atomic E-state index is -0.307. The molecule has 7 nitrogen and oxygen atoms in total. The Kier molecular flexibility index (Phi) is 6.73. The van der Waals surface area contributed by atoms with Crippen LogP contribution in [0.5, 0.6) is 0 Å². The van der Waals surface area contributed by atoms with E-state index < -0.39 is 0 Å². The van der Waals surface area contributed by atoms with E-state index in [1.807, 2.05) is 0 Å². The SMILES string of the molecule is CCN(CC(=O)Nc1ccc(NC(C)=O)cc1)C(=O)/C=C/c1ccco1. The zero-order valence-corrected chi connectivity index (χ0v) is 14.7. The fourth-order valence-electron chi connectivity index (χ4n) is 2.20. The fraction of sp³-hybridized carbons (Fsp3) is 0.211. The number of anilines is 2. The van der Waals surface area contributed by atoms with Gasteiger partial charge in [-0.15, -0.1) is 0 Å². The highest BCUT2D eigenvalue weighted by molar-refractivity contribution is 5.98. The van der Waals surface area contributed by atoms with Gasteiger partial charge in [0.25, 0.3) is 0 Å². The second-order valence-electron chi connectivity index (χ2n) is 5.51. The molecular formula is C19H21N3O4. The summed E-state index contributed by atoms with van der Waals surface area (Å²) in [6.45, 7) is 3.56. The molecule has 0 unspecified atom stereocenters. The lowest BCUT2D eigenvalue weighted by Crippen LogP contribution is -2.36. The fourth-order valence-corrected chi connectivity index (χ4v) is 2.20. The van der Waals surface area contributed by atoms with Crippen molar-refractivity contribution in [2.24, 2.45) is 0 Å². The molecule has 7 heteroatoms. The largest absolute Gasteiger partial charge is 0.465 e. The first-order valence-corrected chi connectivity index (χ1v) is 8.16. The quantitative estimate of drug-likeness (QED) is 0.747. The smallest absolute Gasteiger partial charge is 0.247 e. The first-order valence-electron chi connectivity index (χ1n) is 8.16. The Labute approximate surface area is 151 Å². The van der Waals surface area contributed by atoms with Crippen molar-refractivity contribution in [1.29, 1.82) is 0 Å². The van der Waals surface area contributed by atoms with Gasteiger partial charge in [0.1, 0.15) is 12.3 Å². The van der Waals surface area contributed by atoms with E-state index in [0.717, 1.165) is 0 Å². The van der Waals surface area contributed by atoms with Crippen LogP contribution >= 0.6 is 0 Å². The summed E-state index contributed by atoms with van der Waals surface area (Å²) >= 11 is 0. The van der Waals surface area contributed by atoms with Gasteiger partial charge >= 0.3 is 0 Å². The molecule has 136 valence electrons. The third-order valence-electron chi connectivity index (χ3n) is 3.45. The van der Waals surface area contributed by atoms with E-state index in [0.29, 0.717) is 23.7 Å². The van der Waals surface area contributed by atoms with Crippen molar-refractivity contribution in [2.45, 2.75) is 13.8 Å². The first kappa shape index (κ1) is 19.0. The highest BCUT2D eigenvalue weighted by Gasteiger charge is 2.13. The van der Waals surface area contributed by atoms with Crippen molar-refractivity contribution in [3.63, 3.8) is 0 Å². The number of hydrogen-bond acceptors (Lipinski definition) is 4. The molecule has 0 radical (unpaired) electrons. The molecular weight excluding hydrogens is 334 g/mol. The van der Waals surface area contributed by atoms with Crippen molar-refractivity contribution in [3.8, 4) is 0 Å². The van der Waals surface area contributed by atoms with Crippen molar-refractivity contribution in [2.75, 3.05) is 23.7 Å². The average molecular weight is 355 g/mol. The van der Waals surface area contributed by atoms with Crippen LogP contribution in [0.3, 0.4) is 0 Å². The summed E-state index contributed by atoms with van der Waals surface area (Å²) < 4.78 is 5.13. The number of carbonyl (C=O) groups excluding carboxylic acids is 3. The molecule has 0 saturated heterocycles. The molecule has 0 bridgehead atoms. The molecule has 26 heavy (non-hydrogen) atoms. The molecule has 1 aromatic heterocycles.